The minimum Gasteiger partial charge on any atom is -0.346 e. The minimum atomic E-state index is 1.05. The Kier molecular flexibility index (Phi) is 3.86. The van der Waals surface area contributed by atoms with Gasteiger partial charge in [-0.1, -0.05) is 28.1 Å². The van der Waals surface area contributed by atoms with Gasteiger partial charge in [-0.05, 0) is 19.1 Å². The Bertz CT molecular complexity index is 559. The molecule has 1 saturated heterocycles. The molecule has 2 aromatic rings. The van der Waals surface area contributed by atoms with Crippen molar-refractivity contribution >= 4 is 32.4 Å². The van der Waals surface area contributed by atoms with E-state index in [1.54, 1.807) is 11.3 Å². The molecule has 0 spiro atoms. The lowest BCUT2D eigenvalue weighted by Crippen LogP contribution is -2.43. The van der Waals surface area contributed by atoms with E-state index in [1.807, 2.05) is 0 Å². The Hall–Kier alpha value is -0.910. The molecular formula is C14H16BrN3S. The van der Waals surface area contributed by atoms with Crippen molar-refractivity contribution in [3.63, 3.8) is 0 Å². The molecule has 1 aliphatic rings. The maximum atomic E-state index is 4.83. The topological polar surface area (TPSA) is 28.2 Å². The number of thiazole rings is 1. The summed E-state index contributed by atoms with van der Waals surface area (Å²) in [7, 11) is 0. The molecule has 1 N–H and O–H groups in total. The van der Waals surface area contributed by atoms with Crippen LogP contribution in [0.2, 0.25) is 0 Å². The fourth-order valence-corrected chi connectivity index (χ4v) is 3.50. The van der Waals surface area contributed by atoms with Crippen LogP contribution < -0.4 is 10.2 Å². The molecule has 0 atom stereocenters. The van der Waals surface area contributed by atoms with Crippen LogP contribution in [0.25, 0.3) is 11.3 Å². The monoisotopic (exact) mass is 337 g/mol. The van der Waals surface area contributed by atoms with E-state index in [-0.39, 0.29) is 0 Å². The lowest BCUT2D eigenvalue weighted by molar-refractivity contribution is 0.588. The van der Waals surface area contributed by atoms with Crippen LogP contribution in [0.15, 0.2) is 28.7 Å². The van der Waals surface area contributed by atoms with Crippen molar-refractivity contribution in [3.8, 4) is 11.3 Å². The van der Waals surface area contributed by atoms with Crippen molar-refractivity contribution < 1.29 is 0 Å². The second kappa shape index (κ2) is 5.61. The van der Waals surface area contributed by atoms with E-state index in [0.29, 0.717) is 0 Å². The van der Waals surface area contributed by atoms with Gasteiger partial charge in [0, 0.05) is 41.1 Å². The molecule has 2 heterocycles. The highest BCUT2D eigenvalue weighted by Crippen LogP contribution is 2.33. The number of anilines is 1. The van der Waals surface area contributed by atoms with Gasteiger partial charge in [-0.2, -0.15) is 0 Å². The molecule has 0 aliphatic carbocycles. The van der Waals surface area contributed by atoms with Crippen LogP contribution in [0.5, 0.6) is 0 Å². The number of hydrogen-bond acceptors (Lipinski definition) is 4. The first-order valence-electron chi connectivity index (χ1n) is 6.43. The summed E-state index contributed by atoms with van der Waals surface area (Å²) in [6.07, 6.45) is 0. The number of piperazine rings is 1. The van der Waals surface area contributed by atoms with Crippen molar-refractivity contribution in [1.82, 2.24) is 10.3 Å². The highest BCUT2D eigenvalue weighted by Gasteiger charge is 2.16. The SMILES string of the molecule is Cc1sc(N2CCNCC2)nc1-c1ccc(Br)cc1. The van der Waals surface area contributed by atoms with Crippen molar-refractivity contribution in [2.75, 3.05) is 31.1 Å². The van der Waals surface area contributed by atoms with E-state index < -0.39 is 0 Å². The van der Waals surface area contributed by atoms with Crippen LogP contribution in [-0.4, -0.2) is 31.2 Å². The summed E-state index contributed by atoms with van der Waals surface area (Å²) in [6, 6.07) is 8.37. The van der Waals surface area contributed by atoms with Gasteiger partial charge >= 0.3 is 0 Å². The van der Waals surface area contributed by atoms with E-state index in [0.717, 1.165) is 41.5 Å². The first-order valence-corrected chi connectivity index (χ1v) is 8.04. The summed E-state index contributed by atoms with van der Waals surface area (Å²) in [5.74, 6) is 0. The average Bonchev–Trinajstić information content (AvgIpc) is 2.83. The minimum absolute atomic E-state index is 1.05. The Labute approximate surface area is 125 Å². The molecule has 3 nitrogen and oxygen atoms in total. The standard InChI is InChI=1S/C14H16BrN3S/c1-10-13(11-2-4-12(15)5-3-11)17-14(19-10)18-8-6-16-7-9-18/h2-5,16H,6-9H2,1H3. The molecule has 1 aromatic heterocycles. The van der Waals surface area contributed by atoms with Crippen LogP contribution in [0.1, 0.15) is 4.88 Å². The van der Waals surface area contributed by atoms with E-state index >= 15 is 0 Å². The van der Waals surface area contributed by atoms with Crippen LogP contribution in [0, 0.1) is 6.92 Å². The Morgan fingerprint density at radius 2 is 1.89 bits per heavy atom. The van der Waals surface area contributed by atoms with Gasteiger partial charge in [-0.15, -0.1) is 11.3 Å². The zero-order valence-corrected chi connectivity index (χ0v) is 13.2. The summed E-state index contributed by atoms with van der Waals surface area (Å²) in [6.45, 7) is 6.35. The fraction of sp³-hybridized carbons (Fsp3) is 0.357. The quantitative estimate of drug-likeness (QED) is 0.911. The average molecular weight is 338 g/mol. The normalized spacial score (nSPS) is 15.8. The summed E-state index contributed by atoms with van der Waals surface area (Å²) in [4.78, 5) is 8.49. The molecule has 0 bridgehead atoms. The number of halogens is 1. The van der Waals surface area contributed by atoms with Gasteiger partial charge in [0.05, 0.1) is 5.69 Å². The van der Waals surface area contributed by atoms with Crippen molar-refractivity contribution in [2.24, 2.45) is 0 Å². The zero-order chi connectivity index (χ0) is 13.2. The molecule has 1 aromatic carbocycles. The first kappa shape index (κ1) is 13.1. The van der Waals surface area contributed by atoms with Gasteiger partial charge in [0.15, 0.2) is 5.13 Å². The second-order valence-electron chi connectivity index (χ2n) is 4.65. The third kappa shape index (κ3) is 2.83. The van der Waals surface area contributed by atoms with Crippen molar-refractivity contribution in [1.29, 1.82) is 0 Å². The van der Waals surface area contributed by atoms with E-state index in [1.165, 1.54) is 10.4 Å². The van der Waals surface area contributed by atoms with E-state index in [2.05, 4.69) is 57.3 Å². The third-order valence-electron chi connectivity index (χ3n) is 3.29. The molecule has 1 aliphatic heterocycles. The molecule has 1 fully saturated rings. The predicted octanol–water partition coefficient (Wildman–Crippen LogP) is 3.29. The summed E-state index contributed by atoms with van der Waals surface area (Å²) in [5, 5.41) is 4.52. The van der Waals surface area contributed by atoms with Crippen molar-refractivity contribution in [3.05, 3.63) is 33.6 Å². The van der Waals surface area contributed by atoms with E-state index in [9.17, 15) is 0 Å². The Morgan fingerprint density at radius 3 is 2.58 bits per heavy atom. The number of nitrogens with one attached hydrogen (secondary N) is 1. The summed E-state index contributed by atoms with van der Waals surface area (Å²) in [5.41, 5.74) is 2.31. The maximum Gasteiger partial charge on any atom is 0.186 e. The number of rotatable bonds is 2. The van der Waals surface area contributed by atoms with E-state index in [4.69, 9.17) is 4.98 Å². The summed E-state index contributed by atoms with van der Waals surface area (Å²) < 4.78 is 1.10. The number of hydrogen-bond donors (Lipinski definition) is 1. The van der Waals surface area contributed by atoms with Gasteiger partial charge in [0.25, 0.3) is 0 Å². The number of aryl methyl sites for hydroxylation is 1. The highest BCUT2D eigenvalue weighted by molar-refractivity contribution is 9.10. The molecule has 19 heavy (non-hydrogen) atoms. The fourth-order valence-electron chi connectivity index (χ4n) is 2.25. The molecule has 0 radical (unpaired) electrons. The smallest absolute Gasteiger partial charge is 0.186 e. The molecule has 100 valence electrons. The van der Waals surface area contributed by atoms with Gasteiger partial charge in [0.2, 0.25) is 0 Å². The zero-order valence-electron chi connectivity index (χ0n) is 10.8. The van der Waals surface area contributed by atoms with Crippen LogP contribution in [0.3, 0.4) is 0 Å². The molecule has 0 saturated carbocycles. The highest BCUT2D eigenvalue weighted by atomic mass is 79.9. The maximum absolute atomic E-state index is 4.83. The molecular weight excluding hydrogens is 322 g/mol. The Balaban J connectivity index is 1.90. The van der Waals surface area contributed by atoms with Crippen LogP contribution >= 0.6 is 27.3 Å². The second-order valence-corrected chi connectivity index (χ2v) is 6.74. The lowest BCUT2D eigenvalue weighted by Gasteiger charge is -2.26. The molecule has 5 heteroatoms. The van der Waals surface area contributed by atoms with Crippen LogP contribution in [-0.2, 0) is 0 Å². The van der Waals surface area contributed by atoms with Gasteiger partial charge < -0.3 is 10.2 Å². The summed E-state index contributed by atoms with van der Waals surface area (Å²) >= 11 is 5.27. The number of nitrogens with zero attached hydrogens (tertiary/aromatic N) is 2. The van der Waals surface area contributed by atoms with Gasteiger partial charge in [0.1, 0.15) is 0 Å². The molecule has 0 amide bonds. The molecule has 3 rings (SSSR count). The van der Waals surface area contributed by atoms with Crippen LogP contribution in [0.4, 0.5) is 5.13 Å². The first-order chi connectivity index (χ1) is 9.24. The predicted molar refractivity (Wildman–Crippen MR) is 85.1 cm³/mol. The van der Waals surface area contributed by atoms with Gasteiger partial charge in [-0.25, -0.2) is 4.98 Å². The molecule has 0 unspecified atom stereocenters. The number of aromatic nitrogens is 1. The lowest BCUT2D eigenvalue weighted by atomic mass is 10.1. The largest absolute Gasteiger partial charge is 0.346 e. The number of benzene rings is 1. The third-order valence-corrected chi connectivity index (χ3v) is 4.85. The van der Waals surface area contributed by atoms with Gasteiger partial charge in [-0.3, -0.25) is 0 Å². The van der Waals surface area contributed by atoms with Crippen molar-refractivity contribution in [2.45, 2.75) is 6.92 Å². The Morgan fingerprint density at radius 1 is 1.21 bits per heavy atom.